The van der Waals surface area contributed by atoms with Crippen LogP contribution < -0.4 is 21.3 Å². The van der Waals surface area contributed by atoms with Gasteiger partial charge in [0.05, 0.1) is 29.2 Å². The Morgan fingerprint density at radius 2 is 1.12 bits per heavy atom. The number of imidazole rings is 2. The molecule has 2 aliphatic rings. The van der Waals surface area contributed by atoms with Gasteiger partial charge < -0.3 is 65.5 Å². The van der Waals surface area contributed by atoms with Gasteiger partial charge in [0.25, 0.3) is 0 Å². The number of aliphatic hydroxyl groups is 3. The topological polar surface area (TPSA) is 273 Å². The number of rotatable bonds is 22. The van der Waals surface area contributed by atoms with Gasteiger partial charge in [-0.25, -0.2) is 19.9 Å². The number of H-pyrrole nitrogens is 2. The van der Waals surface area contributed by atoms with Gasteiger partial charge in [-0.2, -0.15) is 0 Å². The van der Waals surface area contributed by atoms with Crippen molar-refractivity contribution in [3.05, 3.63) is 21.9 Å². The van der Waals surface area contributed by atoms with Crippen molar-refractivity contribution >= 4 is 105 Å². The third-order valence-electron chi connectivity index (χ3n) is 10.8. The Morgan fingerprint density at radius 1 is 0.682 bits per heavy atom. The molecular weight excluding hydrogens is 933 g/mol. The first-order chi connectivity index (χ1) is 31.6. The fourth-order valence-corrected chi connectivity index (χ4v) is 8.28. The number of anilines is 2. The monoisotopic (exact) mass is 994 g/mol. The second-order valence-electron chi connectivity index (χ2n) is 16.0. The molecule has 0 bridgehead atoms. The van der Waals surface area contributed by atoms with Gasteiger partial charge in [-0.05, 0) is 46.0 Å². The summed E-state index contributed by atoms with van der Waals surface area (Å²) in [6.07, 6.45) is 5.06. The van der Waals surface area contributed by atoms with Gasteiger partial charge in [0, 0.05) is 40.0 Å². The molecule has 0 aromatic carbocycles. The molecule has 2 aliphatic heterocycles. The fraction of sp³-hybridized carbons (Fsp3) is 0.659. The number of nitrogens with zero attached hydrogens (tertiary/aromatic N) is 6. The number of carbonyl (C=O) groups excluding carboxylic acids is 2. The van der Waals surface area contributed by atoms with Crippen LogP contribution in [0.3, 0.4) is 0 Å². The Morgan fingerprint density at radius 3 is 1.55 bits per heavy atom. The molecular formula is C41H62N12O9S4. The van der Waals surface area contributed by atoms with Crippen LogP contribution in [0, 0.1) is 9.28 Å². The molecule has 8 atom stereocenters. The second kappa shape index (κ2) is 25.7. The maximum atomic E-state index is 11.9. The Labute approximate surface area is 403 Å². The predicted octanol–water partition coefficient (Wildman–Crippen LogP) is 4.58. The first-order valence-corrected chi connectivity index (χ1v) is 23.8. The number of unbranched alkanes of at least 4 members (excludes halogenated alkanes) is 6. The number of fused-ring (bicyclic) bond motifs is 2. The zero-order valence-corrected chi connectivity index (χ0v) is 41.0. The zero-order valence-electron chi connectivity index (χ0n) is 37.8. The van der Waals surface area contributed by atoms with E-state index in [1.54, 1.807) is 15.5 Å². The molecule has 0 amide bonds. The van der Waals surface area contributed by atoms with Crippen molar-refractivity contribution in [1.82, 2.24) is 49.7 Å². The molecule has 0 radical (unpaired) electrons. The summed E-state index contributed by atoms with van der Waals surface area (Å²) in [6.45, 7) is 11.1. The van der Waals surface area contributed by atoms with Crippen molar-refractivity contribution in [3.63, 3.8) is 0 Å². The number of thiocarbonyl (C=S) groups is 2. The van der Waals surface area contributed by atoms with Crippen molar-refractivity contribution in [1.29, 1.82) is 0 Å². The van der Waals surface area contributed by atoms with E-state index in [2.05, 4.69) is 51.2 Å². The highest BCUT2D eigenvalue weighted by Gasteiger charge is 2.50. The highest BCUT2D eigenvalue weighted by molar-refractivity contribution is 7.80. The molecule has 2 unspecified atom stereocenters. The van der Waals surface area contributed by atoms with Crippen LogP contribution in [0.4, 0.5) is 11.9 Å². The van der Waals surface area contributed by atoms with E-state index in [9.17, 15) is 24.9 Å². The fourth-order valence-electron chi connectivity index (χ4n) is 7.60. The number of hydrogen-bond donors (Lipinski definition) is 9. The van der Waals surface area contributed by atoms with Gasteiger partial charge in [0.2, 0.25) is 11.9 Å². The van der Waals surface area contributed by atoms with Crippen molar-refractivity contribution in [3.8, 4) is 0 Å². The molecule has 0 saturated carbocycles. The number of carbonyl (C=O) groups is 2. The van der Waals surface area contributed by atoms with E-state index >= 15 is 0 Å². The van der Waals surface area contributed by atoms with Crippen LogP contribution in [0.25, 0.3) is 22.3 Å². The van der Waals surface area contributed by atoms with Gasteiger partial charge in [-0.1, -0.05) is 81.5 Å². The molecule has 21 nitrogen and oxygen atoms in total. The molecule has 4 aromatic heterocycles. The lowest BCUT2D eigenvalue weighted by atomic mass is 10.1. The average Bonchev–Trinajstić information content (AvgIpc) is 4.03. The largest absolute Gasteiger partial charge is 0.456 e. The van der Waals surface area contributed by atoms with Gasteiger partial charge in [-0.3, -0.25) is 18.7 Å². The van der Waals surface area contributed by atoms with Crippen LogP contribution in [-0.2, 0) is 28.5 Å². The summed E-state index contributed by atoms with van der Waals surface area (Å²) in [6, 6.07) is 0. The van der Waals surface area contributed by atoms with Gasteiger partial charge in [0.15, 0.2) is 33.9 Å². The Kier molecular flexibility index (Phi) is 20.5. The lowest BCUT2D eigenvalue weighted by molar-refractivity contribution is -0.165. The summed E-state index contributed by atoms with van der Waals surface area (Å²) in [5.74, 6) is 0.0319. The van der Waals surface area contributed by atoms with Gasteiger partial charge in [0.1, 0.15) is 46.7 Å². The number of esters is 2. The molecule has 25 heteroatoms. The number of hydrogen-bond acceptors (Lipinski definition) is 19. The van der Waals surface area contributed by atoms with E-state index in [1.165, 1.54) is 20.2 Å². The molecule has 9 N–H and O–H groups in total. The maximum absolute atomic E-state index is 11.9. The average molecular weight is 995 g/mol. The molecule has 2 fully saturated rings. The maximum Gasteiger partial charge on any atom is 0.303 e. The minimum absolute atomic E-state index is 0.318. The van der Waals surface area contributed by atoms with Crippen molar-refractivity contribution in [2.75, 3.05) is 43.4 Å². The summed E-state index contributed by atoms with van der Waals surface area (Å²) in [5, 5.41) is 42.5. The van der Waals surface area contributed by atoms with Crippen LogP contribution in [0.2, 0.25) is 0 Å². The number of ether oxygens (including phenoxy) is 4. The number of nitrogens with one attached hydrogen (secondary N) is 6. The molecule has 4 aromatic rings. The van der Waals surface area contributed by atoms with Crippen LogP contribution >= 0.6 is 48.9 Å². The highest BCUT2D eigenvalue weighted by atomic mass is 32.1. The summed E-state index contributed by atoms with van der Waals surface area (Å²) >= 11 is 20.8. The van der Waals surface area contributed by atoms with E-state index in [1.807, 2.05) is 20.8 Å². The standard InChI is InChI=1S/C23H34N6O5S2.C18H28N6O4S2/c1-5-16-18(32-14(3)30)19(33-15(4)31)22(34-16)29-12-26-17-20(29)27-23(28-21(17)36)25-11-9-7-6-8-10-24-13(2)35;1-10(29)19-6-4-2-3-5-7-20-18-22-15-12(16(30)23-18)21-9-24(15)17-14(27)13(26)11(8-25)28-17/h12,16,18-19,22H,5-11H2,1-4H3,(H,24,35)(H2,25,27,28,36);9,11,13-14,17,25-27H,2-8H2,1H3,(H,19,29)(H2,20,22,23,30)/t16-,18?,19+,22-;11-,13?,14+,17-/m11/s1. The lowest BCUT2D eigenvalue weighted by Crippen LogP contribution is -2.38. The SMILES string of the molecule is CC(=S)NCCCCCCNc1nc(=S)c2ncn([C@@H]3O[C@H](CO)C(O)[C@@H]3O)c2[nH]1.CC[C@H]1O[C@@H](n2cnc3c(=S)nc(NCCCCCCNC(C)=S)[nH]c32)[C@@H](OC(C)=O)C1OC(C)=O. The molecule has 6 rings (SSSR count). The lowest BCUT2D eigenvalue weighted by Gasteiger charge is -2.23. The van der Waals surface area contributed by atoms with E-state index in [0.29, 0.717) is 49.9 Å². The van der Waals surface area contributed by atoms with Crippen molar-refractivity contribution in [2.45, 2.75) is 141 Å². The van der Waals surface area contributed by atoms with Crippen LogP contribution in [0.15, 0.2) is 12.7 Å². The predicted molar refractivity (Wildman–Crippen MR) is 260 cm³/mol. The highest BCUT2D eigenvalue weighted by Crippen LogP contribution is 2.37. The smallest absolute Gasteiger partial charge is 0.303 e. The third kappa shape index (κ3) is 14.3. The van der Waals surface area contributed by atoms with Gasteiger partial charge in [-0.15, -0.1) is 0 Å². The van der Waals surface area contributed by atoms with E-state index in [0.717, 1.165) is 87.5 Å². The van der Waals surface area contributed by atoms with E-state index < -0.39 is 67.6 Å². The molecule has 6 heterocycles. The van der Waals surface area contributed by atoms with Crippen LogP contribution in [-0.4, -0.2) is 146 Å². The number of aromatic nitrogens is 8. The number of aliphatic hydroxyl groups excluding tert-OH is 3. The van der Waals surface area contributed by atoms with Crippen molar-refractivity contribution < 1.29 is 43.9 Å². The third-order valence-corrected chi connectivity index (χ3v) is 11.6. The summed E-state index contributed by atoms with van der Waals surface area (Å²) in [4.78, 5) is 49.0. The summed E-state index contributed by atoms with van der Waals surface area (Å²) in [7, 11) is 0. The van der Waals surface area contributed by atoms with Crippen molar-refractivity contribution in [2.24, 2.45) is 0 Å². The second-order valence-corrected chi connectivity index (χ2v) is 18.0. The Balaban J connectivity index is 0.000000251. The normalized spacial score (nSPS) is 22.4. The zero-order chi connectivity index (χ0) is 47.9. The summed E-state index contributed by atoms with van der Waals surface area (Å²) < 4.78 is 26.8. The Hall–Kier alpha value is -4.34. The van der Waals surface area contributed by atoms with Crippen LogP contribution in [0.1, 0.15) is 105 Å². The molecule has 364 valence electrons. The first kappa shape index (κ1) is 52.6. The van der Waals surface area contributed by atoms with E-state index in [-0.39, 0.29) is 0 Å². The Bertz CT molecular complexity index is 2380. The first-order valence-electron chi connectivity index (χ1n) is 22.2. The molecule has 0 aliphatic carbocycles. The minimum atomic E-state index is -1.21. The van der Waals surface area contributed by atoms with Gasteiger partial charge >= 0.3 is 11.9 Å². The van der Waals surface area contributed by atoms with Crippen LogP contribution in [0.5, 0.6) is 0 Å². The number of aromatic amines is 2. The minimum Gasteiger partial charge on any atom is -0.456 e. The van der Waals surface area contributed by atoms with E-state index in [4.69, 9.17) is 67.8 Å². The molecule has 2 saturated heterocycles. The summed E-state index contributed by atoms with van der Waals surface area (Å²) in [5.41, 5.74) is 2.05. The molecule has 0 spiro atoms. The molecule has 66 heavy (non-hydrogen) atoms. The quantitative estimate of drug-likeness (QED) is 0.0296.